The second kappa shape index (κ2) is 6.40. The van der Waals surface area contributed by atoms with Gasteiger partial charge in [-0.3, -0.25) is 4.98 Å². The minimum atomic E-state index is -0.166. The van der Waals surface area contributed by atoms with Crippen molar-refractivity contribution in [3.63, 3.8) is 0 Å². The number of hydrogen-bond acceptors (Lipinski definition) is 3. The van der Waals surface area contributed by atoms with Crippen molar-refractivity contribution in [2.45, 2.75) is 50.2 Å². The topological polar surface area (TPSA) is 63.2 Å². The minimum absolute atomic E-state index is 0.0152. The van der Waals surface area contributed by atoms with Gasteiger partial charge in [-0.25, -0.2) is 4.79 Å². The van der Waals surface area contributed by atoms with Gasteiger partial charge in [0.1, 0.15) is 0 Å². The normalized spacial score (nSPS) is 22.6. The van der Waals surface area contributed by atoms with Crippen molar-refractivity contribution in [3.8, 4) is 0 Å². The lowest BCUT2D eigenvalue weighted by molar-refractivity contribution is -0.0245. The molecule has 1 saturated carbocycles. The highest BCUT2D eigenvalue weighted by Gasteiger charge is 2.41. The van der Waals surface area contributed by atoms with E-state index in [1.54, 1.807) is 12.4 Å². The number of nitrogens with one attached hydrogen (secondary N) is 2. The summed E-state index contributed by atoms with van der Waals surface area (Å²) in [5.74, 6) is 0. The number of rotatable bonds is 2. The standard InChI is InChI=1S/C19H23N3O2/c23-18(21-15-11-19(24-13-15)8-2-1-3-9-19)22-17-6-4-5-14-12-20-10-7-16(14)17/h4-7,10,12,15H,1-3,8-9,11,13H2,(H2,21,22,23)/t15-/m1/s1. The highest BCUT2D eigenvalue weighted by atomic mass is 16.5. The van der Waals surface area contributed by atoms with Crippen LogP contribution < -0.4 is 10.6 Å². The smallest absolute Gasteiger partial charge is 0.319 e. The van der Waals surface area contributed by atoms with Crippen LogP contribution in [0.1, 0.15) is 38.5 Å². The summed E-state index contributed by atoms with van der Waals surface area (Å²) in [5, 5.41) is 8.05. The predicted molar refractivity (Wildman–Crippen MR) is 94.1 cm³/mol. The number of amides is 2. The summed E-state index contributed by atoms with van der Waals surface area (Å²) in [6, 6.07) is 7.68. The lowest BCUT2D eigenvalue weighted by atomic mass is 9.82. The summed E-state index contributed by atoms with van der Waals surface area (Å²) < 4.78 is 6.06. The Balaban J connectivity index is 1.40. The van der Waals surface area contributed by atoms with Crippen LogP contribution >= 0.6 is 0 Å². The lowest BCUT2D eigenvalue weighted by Crippen LogP contribution is -2.39. The van der Waals surface area contributed by atoms with Crippen molar-refractivity contribution < 1.29 is 9.53 Å². The van der Waals surface area contributed by atoms with E-state index in [9.17, 15) is 4.79 Å². The van der Waals surface area contributed by atoms with E-state index in [0.29, 0.717) is 6.61 Å². The fourth-order valence-corrected chi connectivity index (χ4v) is 4.06. The van der Waals surface area contributed by atoms with Crippen molar-refractivity contribution in [1.29, 1.82) is 0 Å². The van der Waals surface area contributed by atoms with Gasteiger partial charge in [-0.05, 0) is 31.4 Å². The molecule has 2 heterocycles. The van der Waals surface area contributed by atoms with E-state index < -0.39 is 0 Å². The van der Waals surface area contributed by atoms with Gasteiger partial charge in [0.15, 0.2) is 0 Å². The van der Waals surface area contributed by atoms with Crippen LogP contribution in [0.5, 0.6) is 0 Å². The van der Waals surface area contributed by atoms with Gasteiger partial charge >= 0.3 is 6.03 Å². The number of nitrogens with zero attached hydrogens (tertiary/aromatic N) is 1. The van der Waals surface area contributed by atoms with Gasteiger partial charge < -0.3 is 15.4 Å². The molecule has 1 spiro atoms. The first-order valence-electron chi connectivity index (χ1n) is 8.78. The van der Waals surface area contributed by atoms with Gasteiger partial charge in [0.2, 0.25) is 0 Å². The molecule has 2 N–H and O–H groups in total. The number of ether oxygens (including phenoxy) is 1. The number of anilines is 1. The zero-order chi connectivity index (χ0) is 16.4. The molecular weight excluding hydrogens is 302 g/mol. The molecule has 1 aliphatic heterocycles. The Labute approximate surface area is 141 Å². The zero-order valence-corrected chi connectivity index (χ0v) is 13.8. The van der Waals surface area contributed by atoms with Gasteiger partial charge in [0, 0.05) is 23.2 Å². The number of carbonyl (C=O) groups is 1. The maximum Gasteiger partial charge on any atom is 0.319 e. The molecule has 1 aromatic heterocycles. The summed E-state index contributed by atoms with van der Waals surface area (Å²) in [6.45, 7) is 0.618. The number of fused-ring (bicyclic) bond motifs is 1. The fraction of sp³-hybridized carbons (Fsp3) is 0.474. The summed E-state index contributed by atoms with van der Waals surface area (Å²) in [6.07, 6.45) is 10.5. The van der Waals surface area contributed by atoms with Crippen molar-refractivity contribution in [2.24, 2.45) is 0 Å². The SMILES string of the molecule is O=C(Nc1cccc2cnccc12)N[C@H]1COC2(CCCCC2)C1. The Morgan fingerprint density at radius 3 is 2.96 bits per heavy atom. The Bertz CT molecular complexity index is 735. The Kier molecular flexibility index (Phi) is 4.10. The zero-order valence-electron chi connectivity index (χ0n) is 13.8. The van der Waals surface area contributed by atoms with E-state index in [-0.39, 0.29) is 17.7 Å². The fourth-order valence-electron chi connectivity index (χ4n) is 4.06. The molecule has 1 saturated heterocycles. The van der Waals surface area contributed by atoms with Gasteiger partial charge in [0.25, 0.3) is 0 Å². The molecule has 5 nitrogen and oxygen atoms in total. The van der Waals surface area contributed by atoms with Crippen molar-refractivity contribution in [3.05, 3.63) is 36.7 Å². The largest absolute Gasteiger partial charge is 0.373 e. The number of aromatic nitrogens is 1. The average Bonchev–Trinajstić information content (AvgIpc) is 2.97. The number of urea groups is 1. The molecule has 2 aromatic rings. The molecule has 0 radical (unpaired) electrons. The lowest BCUT2D eigenvalue weighted by Gasteiger charge is -2.32. The second-order valence-electron chi connectivity index (χ2n) is 6.96. The first-order chi connectivity index (χ1) is 11.7. The molecule has 126 valence electrons. The molecule has 1 aromatic carbocycles. The first kappa shape index (κ1) is 15.4. The molecule has 0 unspecified atom stereocenters. The third-order valence-electron chi connectivity index (χ3n) is 5.24. The molecular formula is C19H23N3O2. The number of carbonyl (C=O) groups excluding carboxylic acids is 1. The molecule has 1 aliphatic carbocycles. The molecule has 1 atom stereocenters. The Morgan fingerprint density at radius 2 is 2.08 bits per heavy atom. The van der Waals surface area contributed by atoms with Crippen LogP contribution in [0.2, 0.25) is 0 Å². The first-order valence-corrected chi connectivity index (χ1v) is 8.78. The van der Waals surface area contributed by atoms with Crippen molar-refractivity contribution in [2.75, 3.05) is 11.9 Å². The molecule has 2 fully saturated rings. The monoisotopic (exact) mass is 325 g/mol. The van der Waals surface area contributed by atoms with Crippen LogP contribution in [0.3, 0.4) is 0 Å². The van der Waals surface area contributed by atoms with E-state index in [1.165, 1.54) is 19.3 Å². The van der Waals surface area contributed by atoms with Crippen molar-refractivity contribution >= 4 is 22.5 Å². The van der Waals surface area contributed by atoms with Gasteiger partial charge in [0.05, 0.1) is 23.9 Å². The molecule has 2 aliphatic rings. The quantitative estimate of drug-likeness (QED) is 0.881. The summed E-state index contributed by atoms with van der Waals surface area (Å²) in [5.41, 5.74) is 0.820. The maximum absolute atomic E-state index is 12.4. The van der Waals surface area contributed by atoms with Crippen LogP contribution in [-0.4, -0.2) is 29.3 Å². The Morgan fingerprint density at radius 1 is 1.21 bits per heavy atom. The third-order valence-corrected chi connectivity index (χ3v) is 5.24. The third kappa shape index (κ3) is 3.08. The summed E-state index contributed by atoms with van der Waals surface area (Å²) >= 11 is 0. The summed E-state index contributed by atoms with van der Waals surface area (Å²) in [7, 11) is 0. The van der Waals surface area contributed by atoms with Crippen LogP contribution in [-0.2, 0) is 4.74 Å². The molecule has 0 bridgehead atoms. The molecule has 4 rings (SSSR count). The van der Waals surface area contributed by atoms with E-state index >= 15 is 0 Å². The molecule has 2 amide bonds. The van der Waals surface area contributed by atoms with E-state index in [0.717, 1.165) is 35.7 Å². The predicted octanol–water partition coefficient (Wildman–Crippen LogP) is 3.85. The summed E-state index contributed by atoms with van der Waals surface area (Å²) in [4.78, 5) is 16.5. The Hall–Kier alpha value is -2.14. The maximum atomic E-state index is 12.4. The van der Waals surface area contributed by atoms with Crippen LogP contribution in [0, 0.1) is 0 Å². The van der Waals surface area contributed by atoms with Crippen LogP contribution in [0.15, 0.2) is 36.7 Å². The number of pyridine rings is 1. The number of hydrogen-bond donors (Lipinski definition) is 2. The minimum Gasteiger partial charge on any atom is -0.373 e. The number of benzene rings is 1. The molecule has 24 heavy (non-hydrogen) atoms. The van der Waals surface area contributed by atoms with E-state index in [4.69, 9.17) is 4.74 Å². The average molecular weight is 325 g/mol. The van der Waals surface area contributed by atoms with Gasteiger partial charge in [-0.1, -0.05) is 31.4 Å². The molecule has 5 heteroatoms. The second-order valence-corrected chi connectivity index (χ2v) is 6.96. The van der Waals surface area contributed by atoms with Gasteiger partial charge in [-0.2, -0.15) is 0 Å². The highest BCUT2D eigenvalue weighted by molar-refractivity contribution is 6.01. The highest BCUT2D eigenvalue weighted by Crippen LogP contribution is 2.39. The van der Waals surface area contributed by atoms with Crippen LogP contribution in [0.4, 0.5) is 10.5 Å². The van der Waals surface area contributed by atoms with Gasteiger partial charge in [-0.15, -0.1) is 0 Å². The van der Waals surface area contributed by atoms with E-state index in [2.05, 4.69) is 15.6 Å². The van der Waals surface area contributed by atoms with Crippen LogP contribution in [0.25, 0.3) is 10.8 Å². The van der Waals surface area contributed by atoms with Crippen molar-refractivity contribution in [1.82, 2.24) is 10.3 Å². The van der Waals surface area contributed by atoms with E-state index in [1.807, 2.05) is 24.3 Å².